The Kier molecular flexibility index (Phi) is 11.6. The molecule has 0 radical (unpaired) electrons. The largest absolute Gasteiger partial charge is 0.414 e. The van der Waals surface area contributed by atoms with Crippen molar-refractivity contribution in [2.45, 2.75) is 142 Å². The molecule has 0 amide bonds. The molecule has 5 atom stereocenters. The van der Waals surface area contributed by atoms with Gasteiger partial charge in [-0.05, 0) is 61.4 Å². The maximum absolute atomic E-state index is 10.6. The molecule has 0 spiro atoms. The van der Waals surface area contributed by atoms with Gasteiger partial charge in [-0.25, -0.2) is 0 Å². The maximum Gasteiger partial charge on any atom is 0.192 e. The van der Waals surface area contributed by atoms with Gasteiger partial charge < -0.3 is 19.1 Å². The van der Waals surface area contributed by atoms with Crippen molar-refractivity contribution in [2.75, 3.05) is 6.61 Å². The van der Waals surface area contributed by atoms with Gasteiger partial charge in [-0.3, -0.25) is 0 Å². The Bertz CT molecular complexity index is 604. The molecule has 33 heavy (non-hydrogen) atoms. The highest BCUT2D eigenvalue weighted by molar-refractivity contribution is 6.74. The predicted octanol–water partition coefficient (Wildman–Crippen LogP) is 7.28. The van der Waals surface area contributed by atoms with Crippen molar-refractivity contribution in [1.29, 1.82) is 0 Å². The molecule has 0 bridgehead atoms. The average Bonchev–Trinajstić information content (AvgIpc) is 2.93. The van der Waals surface area contributed by atoms with Gasteiger partial charge in [0.1, 0.15) is 0 Å². The Hall–Kier alpha value is 0.0138. The number of aliphatic hydroxyl groups is 2. The first-order chi connectivity index (χ1) is 15.0. The average molecular weight is 501 g/mol. The summed E-state index contributed by atoms with van der Waals surface area (Å²) in [7, 11) is -3.94. The van der Waals surface area contributed by atoms with Crippen molar-refractivity contribution >= 4 is 16.6 Å². The molecule has 6 heteroatoms. The fourth-order valence-corrected chi connectivity index (χ4v) is 6.95. The Balaban J connectivity index is 3.23. The quantitative estimate of drug-likeness (QED) is 0.168. The first-order valence-electron chi connectivity index (χ1n) is 13.3. The number of rotatable bonds is 12. The van der Waals surface area contributed by atoms with Gasteiger partial charge in [0.05, 0.1) is 18.3 Å². The molecule has 0 aromatic heterocycles. The topological polar surface area (TPSA) is 58.9 Å². The van der Waals surface area contributed by atoms with E-state index in [1.807, 2.05) is 6.08 Å². The standard InChI is InChI=1S/C27H56O4Si2/c1-12-13-14-15-21(29)16-17-22-23(18-19-28)25(31-33(10,11)27(5,6)7)20-24(22)30-32(8,9)26(2,3)4/h16-17,21-25,28-29H,12-15,18-20H2,1-11H3/b17-16+/t21-,22-,23+,24-,25+/m0/s1. The zero-order chi connectivity index (χ0) is 25.7. The third-order valence-electron chi connectivity index (χ3n) is 8.49. The second-order valence-electron chi connectivity index (χ2n) is 13.3. The molecule has 1 aliphatic carbocycles. The van der Waals surface area contributed by atoms with Gasteiger partial charge >= 0.3 is 0 Å². The molecule has 1 fully saturated rings. The first kappa shape index (κ1) is 31.0. The molecule has 1 aliphatic rings. The van der Waals surface area contributed by atoms with E-state index in [9.17, 15) is 10.2 Å². The summed E-state index contributed by atoms with van der Waals surface area (Å²) in [6.45, 7) is 25.3. The first-order valence-corrected chi connectivity index (χ1v) is 19.1. The lowest BCUT2D eigenvalue weighted by Gasteiger charge is -2.40. The Morgan fingerprint density at radius 1 is 0.909 bits per heavy atom. The van der Waals surface area contributed by atoms with Crippen LogP contribution >= 0.6 is 0 Å². The van der Waals surface area contributed by atoms with Crippen molar-refractivity contribution in [1.82, 2.24) is 0 Å². The molecule has 4 nitrogen and oxygen atoms in total. The van der Waals surface area contributed by atoms with E-state index in [1.54, 1.807) is 0 Å². The van der Waals surface area contributed by atoms with Crippen LogP contribution in [0.15, 0.2) is 12.2 Å². The molecule has 196 valence electrons. The summed E-state index contributed by atoms with van der Waals surface area (Å²) >= 11 is 0. The van der Waals surface area contributed by atoms with Crippen LogP contribution in [0.25, 0.3) is 0 Å². The van der Waals surface area contributed by atoms with Crippen LogP contribution in [-0.4, -0.2) is 51.8 Å². The van der Waals surface area contributed by atoms with E-state index in [0.29, 0.717) is 6.42 Å². The molecular formula is C27H56O4Si2. The summed E-state index contributed by atoms with van der Waals surface area (Å²) in [5.74, 6) is 0.361. The van der Waals surface area contributed by atoms with Gasteiger partial charge in [0.15, 0.2) is 16.6 Å². The molecule has 1 saturated carbocycles. The summed E-state index contributed by atoms with van der Waals surface area (Å²) < 4.78 is 13.9. The lowest BCUT2D eigenvalue weighted by atomic mass is 9.90. The minimum absolute atomic E-state index is 0.0660. The van der Waals surface area contributed by atoms with Gasteiger partial charge in [-0.1, -0.05) is 79.9 Å². The van der Waals surface area contributed by atoms with Crippen LogP contribution in [0.1, 0.15) is 87.0 Å². The van der Waals surface area contributed by atoms with Crippen LogP contribution in [0.2, 0.25) is 36.3 Å². The van der Waals surface area contributed by atoms with E-state index in [1.165, 1.54) is 0 Å². The van der Waals surface area contributed by atoms with Gasteiger partial charge in [-0.15, -0.1) is 0 Å². The van der Waals surface area contributed by atoms with Gasteiger partial charge in [-0.2, -0.15) is 0 Å². The summed E-state index contributed by atoms with van der Waals surface area (Å²) in [6.07, 6.45) is 9.66. The third kappa shape index (κ3) is 8.87. The molecule has 0 heterocycles. The van der Waals surface area contributed by atoms with E-state index < -0.39 is 22.7 Å². The minimum Gasteiger partial charge on any atom is -0.414 e. The summed E-state index contributed by atoms with van der Waals surface area (Å²) in [5, 5.41) is 20.8. The maximum atomic E-state index is 10.6. The van der Waals surface area contributed by atoms with Crippen molar-refractivity contribution in [3.8, 4) is 0 Å². The van der Waals surface area contributed by atoms with E-state index in [2.05, 4.69) is 80.7 Å². The van der Waals surface area contributed by atoms with Gasteiger partial charge in [0, 0.05) is 12.5 Å². The number of hydrogen-bond acceptors (Lipinski definition) is 4. The molecule has 0 saturated heterocycles. The Labute approximate surface area is 207 Å². The van der Waals surface area contributed by atoms with E-state index >= 15 is 0 Å². The van der Waals surface area contributed by atoms with Crippen LogP contribution in [0.3, 0.4) is 0 Å². The molecule has 0 aromatic carbocycles. The second kappa shape index (κ2) is 12.3. The number of unbranched alkanes of at least 4 members (excludes halogenated alkanes) is 2. The normalized spacial score (nSPS) is 26.3. The second-order valence-corrected chi connectivity index (χ2v) is 22.8. The van der Waals surface area contributed by atoms with Crippen LogP contribution in [0.4, 0.5) is 0 Å². The highest BCUT2D eigenvalue weighted by atomic mass is 28.4. The van der Waals surface area contributed by atoms with Gasteiger partial charge in [0.2, 0.25) is 0 Å². The Morgan fingerprint density at radius 2 is 1.42 bits per heavy atom. The highest BCUT2D eigenvalue weighted by Gasteiger charge is 2.50. The van der Waals surface area contributed by atoms with Crippen LogP contribution < -0.4 is 0 Å². The number of aliphatic hydroxyl groups excluding tert-OH is 2. The van der Waals surface area contributed by atoms with Crippen molar-refractivity contribution < 1.29 is 19.1 Å². The van der Waals surface area contributed by atoms with Crippen LogP contribution in [-0.2, 0) is 8.85 Å². The smallest absolute Gasteiger partial charge is 0.192 e. The number of hydrogen-bond donors (Lipinski definition) is 2. The molecular weight excluding hydrogens is 444 g/mol. The SMILES string of the molecule is CCCCC[C@H](O)/C=C/[C@H]1[C@@H](CCO)[C@H](O[Si](C)(C)C(C)(C)C)C[C@@H]1O[Si](C)(C)C(C)(C)C. The minimum atomic E-state index is -1.97. The van der Waals surface area contributed by atoms with Crippen molar-refractivity contribution in [3.05, 3.63) is 12.2 Å². The van der Waals surface area contributed by atoms with Crippen molar-refractivity contribution in [3.63, 3.8) is 0 Å². The van der Waals surface area contributed by atoms with E-state index in [4.69, 9.17) is 8.85 Å². The molecule has 0 unspecified atom stereocenters. The fraction of sp³-hybridized carbons (Fsp3) is 0.926. The molecule has 2 N–H and O–H groups in total. The monoisotopic (exact) mass is 500 g/mol. The lowest BCUT2D eigenvalue weighted by Crippen LogP contribution is -2.45. The summed E-state index contributed by atoms with van der Waals surface area (Å²) in [4.78, 5) is 0. The van der Waals surface area contributed by atoms with Crippen molar-refractivity contribution in [2.24, 2.45) is 11.8 Å². The lowest BCUT2D eigenvalue weighted by molar-refractivity contribution is 0.111. The fourth-order valence-electron chi connectivity index (χ4n) is 4.21. The van der Waals surface area contributed by atoms with Crippen LogP contribution in [0.5, 0.6) is 0 Å². The van der Waals surface area contributed by atoms with E-state index in [0.717, 1.165) is 32.1 Å². The third-order valence-corrected chi connectivity index (χ3v) is 17.5. The Morgan fingerprint density at radius 3 is 1.88 bits per heavy atom. The molecule has 0 aromatic rings. The zero-order valence-electron chi connectivity index (χ0n) is 23.7. The van der Waals surface area contributed by atoms with E-state index in [-0.39, 0.29) is 40.7 Å². The summed E-state index contributed by atoms with van der Waals surface area (Å²) in [5.41, 5.74) is 0. The van der Waals surface area contributed by atoms with Crippen LogP contribution in [0, 0.1) is 11.8 Å². The van der Waals surface area contributed by atoms with Gasteiger partial charge in [0.25, 0.3) is 0 Å². The predicted molar refractivity (Wildman–Crippen MR) is 147 cm³/mol. The zero-order valence-corrected chi connectivity index (χ0v) is 25.7. The molecule has 1 rings (SSSR count). The molecule has 0 aliphatic heterocycles. The summed E-state index contributed by atoms with van der Waals surface area (Å²) in [6, 6.07) is 0. The highest BCUT2D eigenvalue weighted by Crippen LogP contribution is 2.47.